The van der Waals surface area contributed by atoms with Crippen LogP contribution in [0.4, 0.5) is 0 Å². The third kappa shape index (κ3) is 5.57. The molecule has 2 aromatic rings. The van der Waals surface area contributed by atoms with Gasteiger partial charge in [0.1, 0.15) is 0 Å². The van der Waals surface area contributed by atoms with Crippen LogP contribution in [0.1, 0.15) is 48.8 Å². The molecular formula is C27H38Cl3N3O. The van der Waals surface area contributed by atoms with Crippen LogP contribution in [0.2, 0.25) is 5.02 Å². The molecule has 1 fully saturated rings. The van der Waals surface area contributed by atoms with Gasteiger partial charge in [0.05, 0.1) is 5.92 Å². The molecule has 1 spiro atoms. The van der Waals surface area contributed by atoms with Crippen molar-refractivity contribution in [1.82, 2.24) is 15.1 Å². The summed E-state index contributed by atoms with van der Waals surface area (Å²) in [5.74, 6) is 0.337. The Morgan fingerprint density at radius 2 is 1.79 bits per heavy atom. The Labute approximate surface area is 222 Å². The van der Waals surface area contributed by atoms with Crippen LogP contribution in [0.25, 0.3) is 0 Å². The summed E-state index contributed by atoms with van der Waals surface area (Å²) < 4.78 is 0. The first-order valence-corrected chi connectivity index (χ1v) is 12.4. The molecule has 1 saturated heterocycles. The zero-order chi connectivity index (χ0) is 22.7. The normalized spacial score (nSPS) is 18.9. The molecule has 0 saturated carbocycles. The van der Waals surface area contributed by atoms with E-state index in [2.05, 4.69) is 59.4 Å². The highest BCUT2D eigenvalue weighted by Crippen LogP contribution is 2.43. The number of piperidine rings is 1. The van der Waals surface area contributed by atoms with Crippen LogP contribution in [-0.2, 0) is 16.8 Å². The van der Waals surface area contributed by atoms with E-state index >= 15 is 0 Å². The first-order chi connectivity index (χ1) is 15.5. The Morgan fingerprint density at radius 3 is 2.44 bits per heavy atom. The molecule has 0 aromatic heterocycles. The fourth-order valence-corrected chi connectivity index (χ4v) is 6.19. The number of carbonyl (C=O) groups is 1. The molecule has 2 aromatic carbocycles. The first kappa shape index (κ1) is 28.9. The van der Waals surface area contributed by atoms with Gasteiger partial charge in [-0.15, -0.1) is 24.8 Å². The van der Waals surface area contributed by atoms with Gasteiger partial charge in [-0.05, 0) is 74.5 Å². The predicted octanol–water partition coefficient (Wildman–Crippen LogP) is 5.52. The maximum atomic E-state index is 13.8. The molecular weight excluding hydrogens is 489 g/mol. The van der Waals surface area contributed by atoms with E-state index in [1.165, 1.54) is 11.1 Å². The summed E-state index contributed by atoms with van der Waals surface area (Å²) in [4.78, 5) is 18.4. The molecule has 0 aliphatic carbocycles. The topological polar surface area (TPSA) is 35.6 Å². The zero-order valence-electron chi connectivity index (χ0n) is 20.4. The molecule has 1 amide bonds. The second-order valence-corrected chi connectivity index (χ2v) is 9.86. The molecule has 0 bridgehead atoms. The Morgan fingerprint density at radius 1 is 1.09 bits per heavy atom. The zero-order valence-corrected chi connectivity index (χ0v) is 22.8. The number of hydrogen-bond acceptors (Lipinski definition) is 3. The number of halogens is 3. The molecule has 1 N–H and O–H groups in total. The van der Waals surface area contributed by atoms with Crippen LogP contribution >= 0.6 is 36.4 Å². The molecule has 4 nitrogen and oxygen atoms in total. The lowest BCUT2D eigenvalue weighted by Crippen LogP contribution is -2.56. The van der Waals surface area contributed by atoms with Gasteiger partial charge >= 0.3 is 0 Å². The minimum Gasteiger partial charge on any atom is -0.342 e. The highest BCUT2D eigenvalue weighted by Gasteiger charge is 2.44. The van der Waals surface area contributed by atoms with E-state index in [9.17, 15) is 4.79 Å². The largest absolute Gasteiger partial charge is 0.342 e. The van der Waals surface area contributed by atoms with Crippen LogP contribution in [0, 0.1) is 5.92 Å². The Bertz CT molecular complexity index is 946. The minimum atomic E-state index is -0.0890. The summed E-state index contributed by atoms with van der Waals surface area (Å²) >= 11 is 6.28. The maximum Gasteiger partial charge on any atom is 0.227 e. The lowest BCUT2D eigenvalue weighted by Gasteiger charge is -2.51. The Kier molecular flexibility index (Phi) is 10.7. The third-order valence-electron chi connectivity index (χ3n) is 7.81. The smallest absolute Gasteiger partial charge is 0.227 e. The summed E-state index contributed by atoms with van der Waals surface area (Å²) in [5.41, 5.74) is 4.16. The monoisotopic (exact) mass is 525 g/mol. The Balaban J connectivity index is 0.00000204. The van der Waals surface area contributed by atoms with Gasteiger partial charge in [-0.25, -0.2) is 0 Å². The van der Waals surface area contributed by atoms with Gasteiger partial charge in [0.15, 0.2) is 0 Å². The molecule has 188 valence electrons. The van der Waals surface area contributed by atoms with E-state index in [1.807, 2.05) is 25.2 Å². The summed E-state index contributed by atoms with van der Waals surface area (Å²) in [7, 11) is 4.19. The maximum absolute atomic E-state index is 13.8. The van der Waals surface area contributed by atoms with Crippen LogP contribution < -0.4 is 5.32 Å². The second kappa shape index (κ2) is 12.6. The van der Waals surface area contributed by atoms with Crippen molar-refractivity contribution in [3.05, 3.63) is 70.2 Å². The van der Waals surface area contributed by atoms with Crippen molar-refractivity contribution in [1.29, 1.82) is 0 Å². The van der Waals surface area contributed by atoms with E-state index in [4.69, 9.17) is 11.6 Å². The van der Waals surface area contributed by atoms with Crippen molar-refractivity contribution in [3.8, 4) is 0 Å². The van der Waals surface area contributed by atoms with E-state index in [0.29, 0.717) is 6.54 Å². The van der Waals surface area contributed by atoms with Gasteiger partial charge in [0.2, 0.25) is 5.91 Å². The van der Waals surface area contributed by atoms with Crippen LogP contribution in [-0.4, -0.2) is 56.0 Å². The van der Waals surface area contributed by atoms with Gasteiger partial charge in [-0.1, -0.05) is 54.9 Å². The van der Waals surface area contributed by atoms with Crippen molar-refractivity contribution in [2.24, 2.45) is 5.92 Å². The summed E-state index contributed by atoms with van der Waals surface area (Å²) in [5, 5.41) is 4.01. The van der Waals surface area contributed by atoms with Crippen molar-refractivity contribution in [2.75, 3.05) is 40.3 Å². The van der Waals surface area contributed by atoms with Gasteiger partial charge in [-0.2, -0.15) is 0 Å². The van der Waals surface area contributed by atoms with E-state index in [-0.39, 0.29) is 48.1 Å². The van der Waals surface area contributed by atoms with Gasteiger partial charge in [0, 0.05) is 36.7 Å². The van der Waals surface area contributed by atoms with Crippen molar-refractivity contribution < 1.29 is 4.79 Å². The predicted molar refractivity (Wildman–Crippen MR) is 147 cm³/mol. The number of hydrogen-bond donors (Lipinski definition) is 1. The molecule has 2 aliphatic rings. The van der Waals surface area contributed by atoms with Crippen molar-refractivity contribution >= 4 is 42.3 Å². The number of nitrogens with one attached hydrogen (secondary N) is 1. The SMILES string of the molecule is CCC(c1cccc(Cl)c1)C(CNC)C(=O)N1CCC2(CC1)c1ccccc1CCN2C.Cl.Cl. The lowest BCUT2D eigenvalue weighted by molar-refractivity contribution is -0.139. The molecule has 7 heteroatoms. The van der Waals surface area contributed by atoms with E-state index in [1.54, 1.807) is 0 Å². The average molecular weight is 527 g/mol. The Hall–Kier alpha value is -1.30. The molecule has 2 atom stereocenters. The van der Waals surface area contributed by atoms with E-state index in [0.717, 1.165) is 55.9 Å². The highest BCUT2D eigenvalue weighted by atomic mass is 35.5. The number of benzene rings is 2. The number of rotatable bonds is 6. The minimum absolute atomic E-state index is 0. The molecule has 4 rings (SSSR count). The molecule has 2 heterocycles. The van der Waals surface area contributed by atoms with Crippen molar-refractivity contribution in [3.63, 3.8) is 0 Å². The molecule has 0 radical (unpaired) electrons. The number of nitrogens with zero attached hydrogens (tertiary/aromatic N) is 2. The number of fused-ring (bicyclic) bond motifs is 2. The first-order valence-electron chi connectivity index (χ1n) is 12.0. The van der Waals surface area contributed by atoms with Crippen LogP contribution in [0.15, 0.2) is 48.5 Å². The fourth-order valence-electron chi connectivity index (χ4n) is 5.99. The lowest BCUT2D eigenvalue weighted by atomic mass is 9.74. The molecule has 2 aliphatic heterocycles. The fraction of sp³-hybridized carbons (Fsp3) is 0.519. The van der Waals surface area contributed by atoms with E-state index < -0.39 is 0 Å². The number of amides is 1. The average Bonchev–Trinajstić information content (AvgIpc) is 2.82. The van der Waals surface area contributed by atoms with Crippen LogP contribution in [0.3, 0.4) is 0 Å². The van der Waals surface area contributed by atoms with Crippen molar-refractivity contribution in [2.45, 2.75) is 44.1 Å². The number of likely N-dealkylation sites (N-methyl/N-ethyl adjacent to an activating group) is 1. The summed E-state index contributed by atoms with van der Waals surface area (Å²) in [6.45, 7) is 5.54. The second-order valence-electron chi connectivity index (χ2n) is 9.42. The van der Waals surface area contributed by atoms with Gasteiger partial charge in [0.25, 0.3) is 0 Å². The molecule has 34 heavy (non-hydrogen) atoms. The van der Waals surface area contributed by atoms with Gasteiger partial charge < -0.3 is 10.2 Å². The standard InChI is InChI=1S/C27H36ClN3O.2ClH/c1-4-23(21-9-7-10-22(28)18-21)24(19-29-2)26(32)31-16-13-27(14-17-31)25-11-6-5-8-20(25)12-15-30(27)3;;/h5-11,18,23-24,29H,4,12-17,19H2,1-3H3;2*1H. The third-order valence-corrected chi connectivity index (χ3v) is 8.05. The summed E-state index contributed by atoms with van der Waals surface area (Å²) in [6, 6.07) is 16.9. The molecule has 2 unspecified atom stereocenters. The number of likely N-dealkylation sites (tertiary alicyclic amines) is 1. The highest BCUT2D eigenvalue weighted by molar-refractivity contribution is 6.30. The van der Waals surface area contributed by atoms with Gasteiger partial charge in [-0.3, -0.25) is 9.69 Å². The summed E-state index contributed by atoms with van der Waals surface area (Å²) in [6.07, 6.45) is 4.00. The van der Waals surface area contributed by atoms with Crippen LogP contribution in [0.5, 0.6) is 0 Å². The quantitative estimate of drug-likeness (QED) is 0.538. The number of carbonyl (C=O) groups excluding carboxylic acids is 1.